The SMILES string of the molecule is C/C=C/c1c#cc(C(F)(F)F)cc1. The van der Waals surface area contributed by atoms with Crippen LogP contribution in [0.15, 0.2) is 18.2 Å². The summed E-state index contributed by atoms with van der Waals surface area (Å²) >= 11 is 0. The molecule has 0 spiro atoms. The second-order valence-electron chi connectivity index (χ2n) is 2.45. The van der Waals surface area contributed by atoms with Crippen LogP contribution in [-0.4, -0.2) is 0 Å². The molecule has 0 radical (unpaired) electrons. The highest BCUT2D eigenvalue weighted by atomic mass is 19.4. The van der Waals surface area contributed by atoms with Gasteiger partial charge in [-0.2, -0.15) is 13.2 Å². The minimum Gasteiger partial charge on any atom is -0.165 e. The van der Waals surface area contributed by atoms with E-state index in [2.05, 4.69) is 12.1 Å². The summed E-state index contributed by atoms with van der Waals surface area (Å²) in [5.41, 5.74) is -0.198. The van der Waals surface area contributed by atoms with Crippen LogP contribution >= 0.6 is 0 Å². The molecule has 0 saturated carbocycles. The number of hydrogen-bond donors (Lipinski definition) is 0. The maximum Gasteiger partial charge on any atom is 0.424 e. The molecule has 1 rings (SSSR count). The normalized spacial score (nSPS) is 11.7. The Morgan fingerprint density at radius 3 is 2.31 bits per heavy atom. The first kappa shape index (κ1) is 9.66. The second kappa shape index (κ2) is 3.53. The average molecular weight is 184 g/mol. The van der Waals surface area contributed by atoms with Gasteiger partial charge in [0, 0.05) is 5.56 Å². The van der Waals surface area contributed by atoms with Crippen molar-refractivity contribution >= 4 is 6.08 Å². The van der Waals surface area contributed by atoms with Crippen molar-refractivity contribution in [2.75, 3.05) is 0 Å². The molecule has 3 heteroatoms. The van der Waals surface area contributed by atoms with E-state index in [0.717, 1.165) is 6.07 Å². The molecular formula is C10H7F3. The Hall–Kier alpha value is -1.43. The molecule has 0 aromatic heterocycles. The average Bonchev–Trinajstić information content (AvgIpc) is 2.04. The van der Waals surface area contributed by atoms with Crippen molar-refractivity contribution in [1.29, 1.82) is 0 Å². The van der Waals surface area contributed by atoms with Crippen LogP contribution in [0.3, 0.4) is 0 Å². The first-order chi connectivity index (χ1) is 6.04. The van der Waals surface area contributed by atoms with E-state index >= 15 is 0 Å². The number of rotatable bonds is 1. The summed E-state index contributed by atoms with van der Waals surface area (Å²) in [6, 6.07) is 6.83. The van der Waals surface area contributed by atoms with Gasteiger partial charge in [-0.1, -0.05) is 24.3 Å². The van der Waals surface area contributed by atoms with Crippen molar-refractivity contribution in [3.63, 3.8) is 0 Å². The van der Waals surface area contributed by atoms with Gasteiger partial charge >= 0.3 is 6.18 Å². The van der Waals surface area contributed by atoms with Crippen molar-refractivity contribution in [2.45, 2.75) is 13.1 Å². The van der Waals surface area contributed by atoms with Crippen LogP contribution in [0.2, 0.25) is 0 Å². The highest BCUT2D eigenvalue weighted by Gasteiger charge is 2.30. The summed E-state index contributed by atoms with van der Waals surface area (Å²) in [5.74, 6) is 0. The lowest BCUT2D eigenvalue weighted by atomic mass is 10.2. The summed E-state index contributed by atoms with van der Waals surface area (Å²) in [4.78, 5) is 0. The van der Waals surface area contributed by atoms with Crippen LogP contribution in [0.5, 0.6) is 0 Å². The molecule has 0 aliphatic rings. The summed E-state index contributed by atoms with van der Waals surface area (Å²) in [7, 11) is 0. The fraction of sp³-hybridized carbons (Fsp3) is 0.200. The molecule has 0 N–H and O–H groups in total. The van der Waals surface area contributed by atoms with Crippen LogP contribution in [0.1, 0.15) is 18.1 Å². The zero-order valence-corrected chi connectivity index (χ0v) is 6.94. The highest BCUT2D eigenvalue weighted by Crippen LogP contribution is 2.27. The highest BCUT2D eigenvalue weighted by molar-refractivity contribution is 5.46. The predicted molar refractivity (Wildman–Crippen MR) is 43.8 cm³/mol. The Labute approximate surface area is 74.7 Å². The molecule has 0 aliphatic carbocycles. The molecule has 68 valence electrons. The van der Waals surface area contributed by atoms with Crippen molar-refractivity contribution in [2.24, 2.45) is 0 Å². The zero-order valence-electron chi connectivity index (χ0n) is 6.94. The molecule has 1 aromatic carbocycles. The Kier molecular flexibility index (Phi) is 2.62. The Morgan fingerprint density at radius 2 is 1.92 bits per heavy atom. The van der Waals surface area contributed by atoms with E-state index in [-0.39, 0.29) is 0 Å². The van der Waals surface area contributed by atoms with Crippen LogP contribution < -0.4 is 0 Å². The fourth-order valence-corrected chi connectivity index (χ4v) is 0.838. The van der Waals surface area contributed by atoms with E-state index < -0.39 is 11.7 Å². The summed E-state index contributed by atoms with van der Waals surface area (Å²) in [6.45, 7) is 1.78. The number of allylic oxidation sites excluding steroid dienone is 1. The van der Waals surface area contributed by atoms with Crippen LogP contribution in [0.25, 0.3) is 6.08 Å². The van der Waals surface area contributed by atoms with Gasteiger partial charge in [-0.3, -0.25) is 0 Å². The molecule has 0 saturated heterocycles. The molecule has 0 unspecified atom stereocenters. The number of halogens is 3. The van der Waals surface area contributed by atoms with Crippen LogP contribution in [-0.2, 0) is 6.18 Å². The van der Waals surface area contributed by atoms with Gasteiger partial charge in [0.25, 0.3) is 0 Å². The van der Waals surface area contributed by atoms with Gasteiger partial charge in [0.1, 0.15) is 5.56 Å². The standard InChI is InChI=1S/C10H7F3/c1-2-3-8-4-6-9(7-5-8)10(11,12)13/h2-4,6H,1H3/b3-2+. The maximum atomic E-state index is 12.0. The third kappa shape index (κ3) is 2.51. The molecule has 0 atom stereocenters. The van der Waals surface area contributed by atoms with Gasteiger partial charge in [0.15, 0.2) is 0 Å². The lowest BCUT2D eigenvalue weighted by Gasteiger charge is -2.01. The van der Waals surface area contributed by atoms with Crippen molar-refractivity contribution in [3.05, 3.63) is 41.5 Å². The van der Waals surface area contributed by atoms with Gasteiger partial charge in [-0.15, -0.1) is 0 Å². The largest absolute Gasteiger partial charge is 0.424 e. The lowest BCUT2D eigenvalue weighted by molar-refractivity contribution is -0.137. The van der Waals surface area contributed by atoms with Crippen LogP contribution in [0.4, 0.5) is 13.2 Å². The van der Waals surface area contributed by atoms with Gasteiger partial charge in [0.2, 0.25) is 0 Å². The van der Waals surface area contributed by atoms with Gasteiger partial charge in [0.05, 0.1) is 0 Å². The van der Waals surface area contributed by atoms with E-state index in [1.54, 1.807) is 19.1 Å². The quantitative estimate of drug-likeness (QED) is 0.627. The minimum absolute atomic E-state index is 0.593. The molecule has 0 nitrogen and oxygen atoms in total. The summed E-state index contributed by atoms with van der Waals surface area (Å²) in [6.07, 6.45) is -0.936. The second-order valence-corrected chi connectivity index (χ2v) is 2.45. The first-order valence-electron chi connectivity index (χ1n) is 3.68. The fourth-order valence-electron chi connectivity index (χ4n) is 0.838. The number of alkyl halides is 3. The monoisotopic (exact) mass is 184 g/mol. The molecule has 13 heavy (non-hydrogen) atoms. The molecule has 0 amide bonds. The first-order valence-corrected chi connectivity index (χ1v) is 3.68. The Bertz CT molecular complexity index is 293. The lowest BCUT2D eigenvalue weighted by Crippen LogP contribution is -2.03. The molecule has 0 fully saturated rings. The van der Waals surface area contributed by atoms with Gasteiger partial charge in [-0.25, -0.2) is 0 Å². The van der Waals surface area contributed by atoms with Gasteiger partial charge < -0.3 is 0 Å². The van der Waals surface area contributed by atoms with E-state index in [1.807, 2.05) is 0 Å². The Balaban J connectivity index is 2.94. The molecule has 1 aromatic rings. The molecule has 0 aliphatic heterocycles. The topological polar surface area (TPSA) is 0 Å². The van der Waals surface area contributed by atoms with Crippen molar-refractivity contribution in [1.82, 2.24) is 0 Å². The number of hydrogen-bond acceptors (Lipinski definition) is 0. The minimum atomic E-state index is -4.33. The Morgan fingerprint density at radius 1 is 1.23 bits per heavy atom. The zero-order chi connectivity index (χ0) is 9.90. The molecular weight excluding hydrogens is 177 g/mol. The summed E-state index contributed by atoms with van der Waals surface area (Å²) < 4.78 is 36.1. The smallest absolute Gasteiger partial charge is 0.165 e. The third-order valence-electron chi connectivity index (χ3n) is 1.42. The van der Waals surface area contributed by atoms with E-state index in [9.17, 15) is 13.2 Å². The molecule has 0 heterocycles. The van der Waals surface area contributed by atoms with Crippen molar-refractivity contribution < 1.29 is 13.2 Å². The third-order valence-corrected chi connectivity index (χ3v) is 1.42. The molecule has 0 bridgehead atoms. The van der Waals surface area contributed by atoms with E-state index in [1.165, 1.54) is 6.07 Å². The van der Waals surface area contributed by atoms with Gasteiger partial charge in [-0.05, 0) is 19.1 Å². The predicted octanol–water partition coefficient (Wildman–Crippen LogP) is 3.34. The van der Waals surface area contributed by atoms with Crippen molar-refractivity contribution in [3.8, 4) is 0 Å². The van der Waals surface area contributed by atoms with E-state index in [4.69, 9.17) is 0 Å². The van der Waals surface area contributed by atoms with Crippen LogP contribution in [0, 0.1) is 12.1 Å². The maximum absolute atomic E-state index is 12.0. The summed E-state index contributed by atoms with van der Waals surface area (Å²) in [5, 5.41) is 0. The van der Waals surface area contributed by atoms with E-state index in [0.29, 0.717) is 5.56 Å².